The third kappa shape index (κ3) is 1.62. The van der Waals surface area contributed by atoms with Crippen LogP contribution in [0.4, 0.5) is 0 Å². The van der Waals surface area contributed by atoms with Gasteiger partial charge in [-0.2, -0.15) is 0 Å². The van der Waals surface area contributed by atoms with E-state index in [1.165, 1.54) is 5.69 Å². The second-order valence-corrected chi connectivity index (χ2v) is 5.46. The molecule has 0 saturated heterocycles. The number of benzene rings is 1. The SMILES string of the molecule is CC(C)c1cc2c(ccc3oc(C(C)C)nc32)[nH]1. The van der Waals surface area contributed by atoms with Crippen LogP contribution in [0.15, 0.2) is 22.6 Å². The molecule has 3 aromatic rings. The average molecular weight is 242 g/mol. The molecule has 0 fully saturated rings. The van der Waals surface area contributed by atoms with Crippen LogP contribution in [-0.4, -0.2) is 9.97 Å². The summed E-state index contributed by atoms with van der Waals surface area (Å²) in [5, 5.41) is 1.16. The van der Waals surface area contributed by atoms with Crippen molar-refractivity contribution in [2.45, 2.75) is 39.5 Å². The standard InChI is InChI=1S/C15H18N2O/c1-8(2)12-7-10-11(16-12)5-6-13-14(10)17-15(18-13)9(3)4/h5-9,16H,1-4H3. The number of nitrogens with one attached hydrogen (secondary N) is 1. The number of fused-ring (bicyclic) bond motifs is 3. The lowest BCUT2D eigenvalue weighted by molar-refractivity contribution is 0.501. The lowest BCUT2D eigenvalue weighted by Gasteiger charge is -1.97. The highest BCUT2D eigenvalue weighted by Gasteiger charge is 2.14. The van der Waals surface area contributed by atoms with Crippen molar-refractivity contribution in [1.29, 1.82) is 0 Å². The second kappa shape index (κ2) is 3.87. The Morgan fingerprint density at radius 2 is 1.89 bits per heavy atom. The minimum absolute atomic E-state index is 0.316. The molecule has 0 bridgehead atoms. The predicted molar refractivity (Wildman–Crippen MR) is 74.0 cm³/mol. The number of aromatic amines is 1. The molecule has 18 heavy (non-hydrogen) atoms. The van der Waals surface area contributed by atoms with Gasteiger partial charge in [0.25, 0.3) is 0 Å². The van der Waals surface area contributed by atoms with Gasteiger partial charge >= 0.3 is 0 Å². The van der Waals surface area contributed by atoms with E-state index in [0.29, 0.717) is 11.8 Å². The van der Waals surface area contributed by atoms with Gasteiger partial charge in [-0.3, -0.25) is 0 Å². The summed E-state index contributed by atoms with van der Waals surface area (Å²) in [5.74, 6) is 1.62. The first kappa shape index (κ1) is 11.3. The molecular formula is C15H18N2O. The highest BCUT2D eigenvalue weighted by molar-refractivity contribution is 6.02. The van der Waals surface area contributed by atoms with Crippen molar-refractivity contribution in [2.75, 3.05) is 0 Å². The Morgan fingerprint density at radius 3 is 2.56 bits per heavy atom. The van der Waals surface area contributed by atoms with Gasteiger partial charge in [0.15, 0.2) is 11.5 Å². The minimum Gasteiger partial charge on any atom is -0.440 e. The fourth-order valence-corrected chi connectivity index (χ4v) is 2.19. The maximum absolute atomic E-state index is 5.78. The summed E-state index contributed by atoms with van der Waals surface area (Å²) in [6.45, 7) is 8.56. The molecule has 2 aromatic heterocycles. The molecule has 0 atom stereocenters. The molecule has 3 nitrogen and oxygen atoms in total. The summed E-state index contributed by atoms with van der Waals surface area (Å²) < 4.78 is 5.78. The molecular weight excluding hydrogens is 224 g/mol. The van der Waals surface area contributed by atoms with Crippen LogP contribution >= 0.6 is 0 Å². The largest absolute Gasteiger partial charge is 0.440 e. The van der Waals surface area contributed by atoms with Gasteiger partial charge in [0.2, 0.25) is 0 Å². The molecule has 0 amide bonds. The molecule has 0 aliphatic rings. The third-order valence-corrected chi connectivity index (χ3v) is 3.31. The summed E-state index contributed by atoms with van der Waals surface area (Å²) in [6.07, 6.45) is 0. The van der Waals surface area contributed by atoms with Gasteiger partial charge in [-0.1, -0.05) is 27.7 Å². The molecule has 3 heteroatoms. The normalized spacial score (nSPS) is 12.3. The van der Waals surface area contributed by atoms with Crippen LogP contribution in [0.3, 0.4) is 0 Å². The van der Waals surface area contributed by atoms with Crippen molar-refractivity contribution in [3.05, 3.63) is 29.8 Å². The Bertz CT molecular complexity index is 642. The van der Waals surface area contributed by atoms with Gasteiger partial charge < -0.3 is 9.40 Å². The number of oxazole rings is 1. The van der Waals surface area contributed by atoms with E-state index < -0.39 is 0 Å². The van der Waals surface area contributed by atoms with E-state index >= 15 is 0 Å². The Labute approximate surface area is 106 Å². The van der Waals surface area contributed by atoms with Crippen LogP contribution in [0.1, 0.15) is 51.1 Å². The maximum Gasteiger partial charge on any atom is 0.198 e. The molecule has 3 rings (SSSR count). The van der Waals surface area contributed by atoms with Crippen LogP contribution in [-0.2, 0) is 0 Å². The lowest BCUT2D eigenvalue weighted by Crippen LogP contribution is -1.85. The van der Waals surface area contributed by atoms with E-state index in [2.05, 4.69) is 49.8 Å². The highest BCUT2D eigenvalue weighted by atomic mass is 16.3. The van der Waals surface area contributed by atoms with Gasteiger partial charge in [-0.25, -0.2) is 4.98 Å². The first-order chi connectivity index (χ1) is 8.56. The van der Waals surface area contributed by atoms with Gasteiger partial charge in [-0.15, -0.1) is 0 Å². The molecule has 0 spiro atoms. The summed E-state index contributed by atoms with van der Waals surface area (Å²) in [4.78, 5) is 8.07. The fourth-order valence-electron chi connectivity index (χ4n) is 2.19. The van der Waals surface area contributed by atoms with Crippen LogP contribution in [0.25, 0.3) is 22.0 Å². The Hall–Kier alpha value is -1.77. The molecule has 0 saturated carbocycles. The fraction of sp³-hybridized carbons (Fsp3) is 0.400. The Kier molecular flexibility index (Phi) is 2.44. The van der Waals surface area contributed by atoms with Gasteiger partial charge in [0.05, 0.1) is 0 Å². The predicted octanol–water partition coefficient (Wildman–Crippen LogP) is 4.56. The first-order valence-electron chi connectivity index (χ1n) is 6.48. The van der Waals surface area contributed by atoms with Crippen molar-refractivity contribution in [1.82, 2.24) is 9.97 Å². The third-order valence-electron chi connectivity index (χ3n) is 3.31. The number of aromatic nitrogens is 2. The maximum atomic E-state index is 5.78. The molecule has 0 aliphatic carbocycles. The summed E-state index contributed by atoms with van der Waals surface area (Å²) in [7, 11) is 0. The van der Waals surface area contributed by atoms with Gasteiger partial charge in [0.1, 0.15) is 5.52 Å². The molecule has 0 aliphatic heterocycles. The summed E-state index contributed by atoms with van der Waals surface area (Å²) >= 11 is 0. The van der Waals surface area contributed by atoms with Crippen molar-refractivity contribution < 1.29 is 4.42 Å². The smallest absolute Gasteiger partial charge is 0.198 e. The van der Waals surface area contributed by atoms with Crippen molar-refractivity contribution in [3.63, 3.8) is 0 Å². The Morgan fingerprint density at radius 1 is 1.11 bits per heavy atom. The van der Waals surface area contributed by atoms with Crippen LogP contribution in [0, 0.1) is 0 Å². The van der Waals surface area contributed by atoms with Crippen molar-refractivity contribution in [3.8, 4) is 0 Å². The number of H-pyrrole nitrogens is 1. The Balaban J connectivity index is 2.30. The van der Waals surface area contributed by atoms with E-state index in [-0.39, 0.29) is 0 Å². The second-order valence-electron chi connectivity index (χ2n) is 5.46. The molecule has 2 heterocycles. The van der Waals surface area contributed by atoms with Crippen LogP contribution in [0.2, 0.25) is 0 Å². The van der Waals surface area contributed by atoms with E-state index in [0.717, 1.165) is 27.9 Å². The van der Waals surface area contributed by atoms with E-state index in [1.807, 2.05) is 6.07 Å². The molecule has 1 aromatic carbocycles. The van der Waals surface area contributed by atoms with E-state index in [1.54, 1.807) is 0 Å². The van der Waals surface area contributed by atoms with Crippen molar-refractivity contribution in [2.24, 2.45) is 0 Å². The highest BCUT2D eigenvalue weighted by Crippen LogP contribution is 2.30. The number of rotatable bonds is 2. The molecule has 94 valence electrons. The zero-order valence-corrected chi connectivity index (χ0v) is 11.2. The molecule has 0 radical (unpaired) electrons. The molecule has 0 unspecified atom stereocenters. The molecule has 1 N–H and O–H groups in total. The van der Waals surface area contributed by atoms with E-state index in [9.17, 15) is 0 Å². The van der Waals surface area contributed by atoms with Crippen LogP contribution < -0.4 is 0 Å². The monoisotopic (exact) mass is 242 g/mol. The van der Waals surface area contributed by atoms with Gasteiger partial charge in [0, 0.05) is 22.5 Å². The summed E-state index contributed by atoms with van der Waals surface area (Å²) in [5.41, 5.74) is 4.22. The lowest BCUT2D eigenvalue weighted by atomic mass is 10.1. The first-order valence-corrected chi connectivity index (χ1v) is 6.48. The quantitative estimate of drug-likeness (QED) is 0.716. The number of nitrogens with zero attached hydrogens (tertiary/aromatic N) is 1. The number of hydrogen-bond acceptors (Lipinski definition) is 2. The minimum atomic E-state index is 0.316. The van der Waals surface area contributed by atoms with E-state index in [4.69, 9.17) is 4.42 Å². The average Bonchev–Trinajstić information content (AvgIpc) is 2.91. The topological polar surface area (TPSA) is 41.8 Å². The van der Waals surface area contributed by atoms with Crippen LogP contribution in [0.5, 0.6) is 0 Å². The zero-order chi connectivity index (χ0) is 12.9. The van der Waals surface area contributed by atoms with Crippen molar-refractivity contribution >= 4 is 22.0 Å². The number of hydrogen-bond donors (Lipinski definition) is 1. The summed E-state index contributed by atoms with van der Waals surface area (Å²) in [6, 6.07) is 6.25. The van der Waals surface area contributed by atoms with Gasteiger partial charge in [-0.05, 0) is 24.1 Å². The zero-order valence-electron chi connectivity index (χ0n) is 11.2.